The average molecular weight is 273 g/mol. The summed E-state index contributed by atoms with van der Waals surface area (Å²) in [5, 5.41) is 3.18. The summed E-state index contributed by atoms with van der Waals surface area (Å²) in [4.78, 5) is 36.4. The molecule has 1 atom stereocenters. The van der Waals surface area contributed by atoms with E-state index in [9.17, 15) is 14.4 Å². The maximum Gasteiger partial charge on any atom is 0.251 e. The fourth-order valence-electron chi connectivity index (χ4n) is 2.34. The zero-order chi connectivity index (χ0) is 14.3. The van der Waals surface area contributed by atoms with Crippen molar-refractivity contribution in [2.24, 2.45) is 5.73 Å². The average Bonchev–Trinajstić information content (AvgIpc) is 3.17. The molecular formula is C14H15N3O3. The highest BCUT2D eigenvalue weighted by Gasteiger charge is 2.41. The Bertz CT molecular complexity index is 578. The van der Waals surface area contributed by atoms with E-state index in [1.807, 2.05) is 0 Å². The number of amides is 3. The molecule has 0 spiro atoms. The molecule has 3 rings (SSSR count). The number of nitrogens with two attached hydrogens (primary N) is 1. The molecule has 1 saturated carbocycles. The second-order valence-electron chi connectivity index (χ2n) is 5.18. The van der Waals surface area contributed by atoms with Crippen LogP contribution >= 0.6 is 0 Å². The predicted octanol–water partition coefficient (Wildman–Crippen LogP) is 0.169. The smallest absolute Gasteiger partial charge is 0.251 e. The molecule has 2 aliphatic rings. The monoisotopic (exact) mass is 273 g/mol. The minimum absolute atomic E-state index is 0.187. The van der Waals surface area contributed by atoms with Crippen molar-refractivity contribution >= 4 is 23.4 Å². The van der Waals surface area contributed by atoms with Gasteiger partial charge in [0.2, 0.25) is 11.8 Å². The molecule has 1 heterocycles. The van der Waals surface area contributed by atoms with Crippen LogP contribution in [0.5, 0.6) is 0 Å². The molecule has 6 heteroatoms. The molecule has 0 unspecified atom stereocenters. The molecule has 20 heavy (non-hydrogen) atoms. The lowest BCUT2D eigenvalue weighted by Gasteiger charge is -2.15. The van der Waals surface area contributed by atoms with Crippen LogP contribution in [0.15, 0.2) is 24.3 Å². The van der Waals surface area contributed by atoms with Crippen molar-refractivity contribution in [3.63, 3.8) is 0 Å². The zero-order valence-electron chi connectivity index (χ0n) is 10.8. The van der Waals surface area contributed by atoms with Gasteiger partial charge in [-0.1, -0.05) is 0 Å². The van der Waals surface area contributed by atoms with E-state index in [0.717, 1.165) is 12.8 Å². The van der Waals surface area contributed by atoms with E-state index in [2.05, 4.69) is 5.32 Å². The molecule has 2 fully saturated rings. The van der Waals surface area contributed by atoms with Gasteiger partial charge in [-0.15, -0.1) is 0 Å². The van der Waals surface area contributed by atoms with Gasteiger partial charge in [0.25, 0.3) is 5.91 Å². The third-order valence-corrected chi connectivity index (χ3v) is 3.57. The van der Waals surface area contributed by atoms with Crippen LogP contribution in [0, 0.1) is 0 Å². The van der Waals surface area contributed by atoms with Crippen LogP contribution in [0.25, 0.3) is 0 Å². The Balaban J connectivity index is 1.79. The van der Waals surface area contributed by atoms with Crippen molar-refractivity contribution in [2.75, 3.05) is 4.90 Å². The first-order chi connectivity index (χ1) is 9.56. The molecule has 3 amide bonds. The van der Waals surface area contributed by atoms with E-state index in [1.54, 1.807) is 12.1 Å². The minimum Gasteiger partial charge on any atom is -0.366 e. The Labute approximate surface area is 115 Å². The molecule has 104 valence electrons. The number of nitrogens with zero attached hydrogens (tertiary/aromatic N) is 1. The van der Waals surface area contributed by atoms with Gasteiger partial charge in [0.05, 0.1) is 18.2 Å². The Morgan fingerprint density at radius 1 is 1.20 bits per heavy atom. The predicted molar refractivity (Wildman–Crippen MR) is 72.0 cm³/mol. The minimum atomic E-state index is -0.538. The quantitative estimate of drug-likeness (QED) is 0.765. The number of rotatable bonds is 4. The molecule has 0 bridgehead atoms. The number of carbonyl (C=O) groups excluding carboxylic acids is 3. The highest BCUT2D eigenvalue weighted by Crippen LogP contribution is 2.26. The summed E-state index contributed by atoms with van der Waals surface area (Å²) in [6, 6.07) is 6.10. The van der Waals surface area contributed by atoms with E-state index < -0.39 is 11.9 Å². The third kappa shape index (κ3) is 2.30. The molecular weight excluding hydrogens is 258 g/mol. The molecule has 6 nitrogen and oxygen atoms in total. The first-order valence-corrected chi connectivity index (χ1v) is 6.59. The standard InChI is InChI=1S/C14H15N3O3/c15-13(19)8-1-5-10(6-2-8)17-12(18)7-11(14(17)20)16-9-3-4-9/h1-2,5-6,9,11,16H,3-4,7H2,(H2,15,19)/t11-/m1/s1. The number of hydrogen-bond donors (Lipinski definition) is 2. The Morgan fingerprint density at radius 2 is 1.85 bits per heavy atom. The molecule has 1 aliphatic heterocycles. The number of anilines is 1. The number of hydrogen-bond acceptors (Lipinski definition) is 4. The number of nitrogens with one attached hydrogen (secondary N) is 1. The molecule has 1 aromatic rings. The number of primary amides is 1. The number of benzene rings is 1. The van der Waals surface area contributed by atoms with Crippen molar-refractivity contribution < 1.29 is 14.4 Å². The third-order valence-electron chi connectivity index (χ3n) is 3.57. The van der Waals surface area contributed by atoms with Crippen molar-refractivity contribution in [1.82, 2.24) is 5.32 Å². The SMILES string of the molecule is NC(=O)c1ccc(N2C(=O)C[C@@H](NC3CC3)C2=O)cc1. The van der Waals surface area contributed by atoms with Gasteiger partial charge < -0.3 is 11.1 Å². The van der Waals surface area contributed by atoms with E-state index in [-0.39, 0.29) is 18.2 Å². The Morgan fingerprint density at radius 3 is 2.40 bits per heavy atom. The summed E-state index contributed by atoms with van der Waals surface area (Å²) in [5.74, 6) is -0.988. The topological polar surface area (TPSA) is 92.5 Å². The summed E-state index contributed by atoms with van der Waals surface area (Å²) in [5.41, 5.74) is 5.98. The second kappa shape index (κ2) is 4.72. The van der Waals surface area contributed by atoms with E-state index in [0.29, 0.717) is 17.3 Å². The highest BCUT2D eigenvalue weighted by atomic mass is 16.2. The van der Waals surface area contributed by atoms with Crippen LogP contribution in [-0.2, 0) is 9.59 Å². The summed E-state index contributed by atoms with van der Waals surface area (Å²) in [7, 11) is 0. The summed E-state index contributed by atoms with van der Waals surface area (Å²) in [6.07, 6.45) is 2.31. The maximum atomic E-state index is 12.2. The molecule has 3 N–H and O–H groups in total. The molecule has 1 aliphatic carbocycles. The molecule has 1 saturated heterocycles. The fourth-order valence-corrected chi connectivity index (χ4v) is 2.34. The summed E-state index contributed by atoms with van der Waals surface area (Å²) < 4.78 is 0. The molecule has 1 aromatic carbocycles. The van der Waals surface area contributed by atoms with Crippen molar-refractivity contribution in [2.45, 2.75) is 31.3 Å². The first kappa shape index (κ1) is 12.8. The first-order valence-electron chi connectivity index (χ1n) is 6.59. The van der Waals surface area contributed by atoms with Gasteiger partial charge in [-0.25, -0.2) is 4.90 Å². The van der Waals surface area contributed by atoms with Crippen LogP contribution in [-0.4, -0.2) is 29.8 Å². The number of imide groups is 1. The van der Waals surface area contributed by atoms with Gasteiger partial charge in [0.1, 0.15) is 0 Å². The Hall–Kier alpha value is -2.21. The van der Waals surface area contributed by atoms with Gasteiger partial charge in [0.15, 0.2) is 0 Å². The van der Waals surface area contributed by atoms with Crippen molar-refractivity contribution in [3.05, 3.63) is 29.8 Å². The lowest BCUT2D eigenvalue weighted by atomic mass is 10.2. The van der Waals surface area contributed by atoms with Crippen LogP contribution in [0.3, 0.4) is 0 Å². The lowest BCUT2D eigenvalue weighted by Crippen LogP contribution is -2.39. The van der Waals surface area contributed by atoms with Gasteiger partial charge >= 0.3 is 0 Å². The molecule has 0 radical (unpaired) electrons. The fraction of sp³-hybridized carbons (Fsp3) is 0.357. The van der Waals surface area contributed by atoms with Gasteiger partial charge in [-0.3, -0.25) is 14.4 Å². The van der Waals surface area contributed by atoms with Gasteiger partial charge in [-0.2, -0.15) is 0 Å². The van der Waals surface area contributed by atoms with E-state index in [1.165, 1.54) is 17.0 Å². The van der Waals surface area contributed by atoms with Crippen molar-refractivity contribution in [3.8, 4) is 0 Å². The van der Waals surface area contributed by atoms with Crippen LogP contribution < -0.4 is 16.0 Å². The van der Waals surface area contributed by atoms with E-state index in [4.69, 9.17) is 5.73 Å². The number of carbonyl (C=O) groups is 3. The normalized spacial score (nSPS) is 22.4. The summed E-state index contributed by atoms with van der Waals surface area (Å²) >= 11 is 0. The maximum absolute atomic E-state index is 12.2. The largest absolute Gasteiger partial charge is 0.366 e. The van der Waals surface area contributed by atoms with Gasteiger partial charge in [-0.05, 0) is 37.1 Å². The highest BCUT2D eigenvalue weighted by molar-refractivity contribution is 6.22. The van der Waals surface area contributed by atoms with Gasteiger partial charge in [0, 0.05) is 11.6 Å². The van der Waals surface area contributed by atoms with Crippen LogP contribution in [0.2, 0.25) is 0 Å². The second-order valence-corrected chi connectivity index (χ2v) is 5.18. The Kier molecular flexibility index (Phi) is 3.02. The summed E-state index contributed by atoms with van der Waals surface area (Å²) in [6.45, 7) is 0. The van der Waals surface area contributed by atoms with Crippen LogP contribution in [0.1, 0.15) is 29.6 Å². The van der Waals surface area contributed by atoms with Crippen LogP contribution in [0.4, 0.5) is 5.69 Å². The van der Waals surface area contributed by atoms with E-state index >= 15 is 0 Å². The van der Waals surface area contributed by atoms with Crippen molar-refractivity contribution in [1.29, 1.82) is 0 Å². The lowest BCUT2D eigenvalue weighted by molar-refractivity contribution is -0.121. The molecule has 0 aromatic heterocycles. The zero-order valence-corrected chi connectivity index (χ0v) is 10.8.